The molecule has 9 nitrogen and oxygen atoms in total. The number of carbonyl (C=O) groups is 1. The van der Waals surface area contributed by atoms with Gasteiger partial charge >= 0.3 is 0 Å². The molecule has 4 aromatic rings. The van der Waals surface area contributed by atoms with Gasteiger partial charge in [-0.2, -0.15) is 0 Å². The van der Waals surface area contributed by atoms with Crippen molar-refractivity contribution in [3.63, 3.8) is 0 Å². The number of nitro benzene ring substituents is 1. The molecule has 0 spiro atoms. The second-order valence-corrected chi connectivity index (χ2v) is 10.4. The minimum atomic E-state index is -3.39. The molecular weight excluding hydrogens is 476 g/mol. The number of thiazole rings is 1. The van der Waals surface area contributed by atoms with Crippen LogP contribution in [0.1, 0.15) is 11.1 Å². The molecule has 2 heterocycles. The Labute approximate surface area is 199 Å². The summed E-state index contributed by atoms with van der Waals surface area (Å²) < 4.78 is 24.5. The summed E-state index contributed by atoms with van der Waals surface area (Å²) in [6.45, 7) is 0.185. The summed E-state index contributed by atoms with van der Waals surface area (Å²) in [4.78, 5) is 34.0. The normalized spacial score (nSPS) is 11.7. The number of nitro groups is 1. The third-order valence-corrected chi connectivity index (χ3v) is 6.99. The summed E-state index contributed by atoms with van der Waals surface area (Å²) in [6, 6.07) is 14.2. The highest BCUT2D eigenvalue weighted by molar-refractivity contribution is 7.90. The van der Waals surface area contributed by atoms with Crippen LogP contribution in [0.15, 0.2) is 78.0 Å². The fraction of sp³-hybridized carbons (Fsp3) is 0.0870. The van der Waals surface area contributed by atoms with Crippen LogP contribution in [-0.4, -0.2) is 35.5 Å². The first-order valence-corrected chi connectivity index (χ1v) is 12.6. The Morgan fingerprint density at radius 1 is 1.18 bits per heavy atom. The number of hydrogen-bond acceptors (Lipinski definition) is 8. The molecule has 0 radical (unpaired) electrons. The molecule has 11 heteroatoms. The Morgan fingerprint density at radius 2 is 2.00 bits per heavy atom. The number of hydrogen-bond donors (Lipinski definition) is 0. The Bertz CT molecular complexity index is 1510. The number of nitrogens with zero attached hydrogens (tertiary/aromatic N) is 4. The highest BCUT2D eigenvalue weighted by atomic mass is 32.2. The maximum atomic E-state index is 13.2. The van der Waals surface area contributed by atoms with Gasteiger partial charge in [0.25, 0.3) is 11.6 Å². The molecule has 172 valence electrons. The first-order valence-electron chi connectivity index (χ1n) is 9.94. The number of aromatic nitrogens is 2. The van der Waals surface area contributed by atoms with E-state index in [1.807, 2.05) is 6.07 Å². The average Bonchev–Trinajstić information content (AvgIpc) is 3.24. The molecule has 0 bridgehead atoms. The van der Waals surface area contributed by atoms with Crippen molar-refractivity contribution in [2.24, 2.45) is 0 Å². The van der Waals surface area contributed by atoms with Gasteiger partial charge in [0.1, 0.15) is 0 Å². The Kier molecular flexibility index (Phi) is 6.48. The number of rotatable bonds is 7. The van der Waals surface area contributed by atoms with Gasteiger partial charge in [0.2, 0.25) is 0 Å². The van der Waals surface area contributed by atoms with Gasteiger partial charge < -0.3 is 0 Å². The van der Waals surface area contributed by atoms with Crippen LogP contribution in [-0.2, 0) is 21.2 Å². The Morgan fingerprint density at radius 3 is 2.71 bits per heavy atom. The predicted octanol–water partition coefficient (Wildman–Crippen LogP) is 4.25. The SMILES string of the molecule is CS(=O)(=O)c1ccc2nc(N(Cc3cccnc3)C(=O)/C=C/c3cccc([N+](=O)[O-])c3)sc2c1. The number of pyridine rings is 1. The van der Waals surface area contributed by atoms with E-state index in [0.717, 1.165) is 11.8 Å². The van der Waals surface area contributed by atoms with Crippen molar-refractivity contribution in [1.82, 2.24) is 9.97 Å². The number of carbonyl (C=O) groups excluding carboxylic acids is 1. The summed E-state index contributed by atoms with van der Waals surface area (Å²) >= 11 is 1.20. The summed E-state index contributed by atoms with van der Waals surface area (Å²) in [5, 5.41) is 11.4. The quantitative estimate of drug-likeness (QED) is 0.214. The van der Waals surface area contributed by atoms with Gasteiger partial charge in [-0.05, 0) is 41.5 Å². The molecule has 0 N–H and O–H groups in total. The van der Waals surface area contributed by atoms with E-state index in [-0.39, 0.29) is 17.1 Å². The smallest absolute Gasteiger partial charge is 0.270 e. The number of anilines is 1. The lowest BCUT2D eigenvalue weighted by Crippen LogP contribution is -2.28. The molecule has 2 aromatic carbocycles. The molecule has 2 aromatic heterocycles. The number of amides is 1. The molecule has 4 rings (SSSR count). The molecule has 0 aliphatic carbocycles. The molecule has 0 saturated heterocycles. The second kappa shape index (κ2) is 9.49. The van der Waals surface area contributed by atoms with E-state index in [4.69, 9.17) is 0 Å². The highest BCUT2D eigenvalue weighted by Crippen LogP contribution is 2.32. The minimum absolute atomic E-state index is 0.0744. The van der Waals surface area contributed by atoms with E-state index in [1.165, 1.54) is 52.7 Å². The van der Waals surface area contributed by atoms with Crippen molar-refractivity contribution in [3.8, 4) is 0 Å². The monoisotopic (exact) mass is 494 g/mol. The molecule has 0 unspecified atom stereocenters. The van der Waals surface area contributed by atoms with Gasteiger partial charge in [-0.25, -0.2) is 13.4 Å². The fourth-order valence-electron chi connectivity index (χ4n) is 3.15. The summed E-state index contributed by atoms with van der Waals surface area (Å²) in [7, 11) is -3.39. The maximum Gasteiger partial charge on any atom is 0.270 e. The van der Waals surface area contributed by atoms with Crippen molar-refractivity contribution in [2.75, 3.05) is 11.2 Å². The van der Waals surface area contributed by atoms with E-state index in [9.17, 15) is 23.3 Å². The van der Waals surface area contributed by atoms with Crippen molar-refractivity contribution in [3.05, 3.63) is 94.3 Å². The van der Waals surface area contributed by atoms with E-state index < -0.39 is 20.7 Å². The van der Waals surface area contributed by atoms with E-state index >= 15 is 0 Å². The molecule has 34 heavy (non-hydrogen) atoms. The average molecular weight is 495 g/mol. The zero-order valence-electron chi connectivity index (χ0n) is 17.9. The van der Waals surface area contributed by atoms with Crippen LogP contribution in [0.25, 0.3) is 16.3 Å². The third-order valence-electron chi connectivity index (χ3n) is 4.84. The topological polar surface area (TPSA) is 123 Å². The van der Waals surface area contributed by atoms with Crippen LogP contribution in [0.2, 0.25) is 0 Å². The predicted molar refractivity (Wildman–Crippen MR) is 130 cm³/mol. The van der Waals surface area contributed by atoms with Gasteiger partial charge in [0, 0.05) is 36.9 Å². The standard InChI is InChI=1S/C23H18N4O5S2/c1-34(31,32)19-8-9-20-21(13-19)33-23(25-20)26(15-17-5-3-11-24-14-17)22(28)10-7-16-4-2-6-18(12-16)27(29)30/h2-14H,15H2,1H3/b10-7+. The van der Waals surface area contributed by atoms with Crippen molar-refractivity contribution >= 4 is 54.2 Å². The van der Waals surface area contributed by atoms with Gasteiger partial charge in [0.15, 0.2) is 15.0 Å². The first-order chi connectivity index (χ1) is 16.2. The molecular formula is C23H18N4O5S2. The Hall–Kier alpha value is -3.96. The maximum absolute atomic E-state index is 13.2. The first kappa shape index (κ1) is 23.2. The van der Waals surface area contributed by atoms with Crippen LogP contribution < -0.4 is 4.90 Å². The molecule has 0 fully saturated rings. The van der Waals surface area contributed by atoms with Crippen LogP contribution in [0, 0.1) is 10.1 Å². The van der Waals surface area contributed by atoms with Gasteiger partial charge in [-0.3, -0.25) is 24.8 Å². The minimum Gasteiger partial charge on any atom is -0.280 e. The van der Waals surface area contributed by atoms with E-state index in [2.05, 4.69) is 9.97 Å². The number of non-ortho nitro benzene ring substituents is 1. The van der Waals surface area contributed by atoms with Crippen molar-refractivity contribution in [2.45, 2.75) is 11.4 Å². The zero-order chi connectivity index (χ0) is 24.3. The summed E-state index contributed by atoms with van der Waals surface area (Å²) in [6.07, 6.45) is 7.22. The third kappa shape index (κ3) is 5.33. The lowest BCUT2D eigenvalue weighted by atomic mass is 10.2. The van der Waals surface area contributed by atoms with Gasteiger partial charge in [-0.1, -0.05) is 29.5 Å². The van der Waals surface area contributed by atoms with Crippen LogP contribution in [0.5, 0.6) is 0 Å². The largest absolute Gasteiger partial charge is 0.280 e. The van der Waals surface area contributed by atoms with E-state index in [0.29, 0.717) is 20.9 Å². The van der Waals surface area contributed by atoms with Crippen LogP contribution in [0.3, 0.4) is 0 Å². The van der Waals surface area contributed by atoms with Crippen molar-refractivity contribution < 1.29 is 18.1 Å². The number of fused-ring (bicyclic) bond motifs is 1. The Balaban J connectivity index is 1.70. The van der Waals surface area contributed by atoms with E-state index in [1.54, 1.807) is 36.7 Å². The number of benzene rings is 2. The lowest BCUT2D eigenvalue weighted by Gasteiger charge is -2.18. The summed E-state index contributed by atoms with van der Waals surface area (Å²) in [5.41, 5.74) is 1.77. The molecule has 0 aliphatic heterocycles. The molecule has 0 atom stereocenters. The van der Waals surface area contributed by atoms with Gasteiger partial charge in [-0.15, -0.1) is 0 Å². The molecule has 0 aliphatic rings. The molecule has 1 amide bonds. The van der Waals surface area contributed by atoms with Crippen molar-refractivity contribution in [1.29, 1.82) is 0 Å². The zero-order valence-corrected chi connectivity index (χ0v) is 19.5. The highest BCUT2D eigenvalue weighted by Gasteiger charge is 2.20. The fourth-order valence-corrected chi connectivity index (χ4v) is 4.88. The number of sulfone groups is 1. The lowest BCUT2D eigenvalue weighted by molar-refractivity contribution is -0.384. The van der Waals surface area contributed by atoms with Gasteiger partial charge in [0.05, 0.1) is 26.6 Å². The van der Waals surface area contributed by atoms with Crippen LogP contribution in [0.4, 0.5) is 10.8 Å². The second-order valence-electron chi connectivity index (χ2n) is 7.37. The van der Waals surface area contributed by atoms with Crippen LogP contribution >= 0.6 is 11.3 Å². The molecule has 0 saturated carbocycles. The summed E-state index contributed by atoms with van der Waals surface area (Å²) in [5.74, 6) is -0.391.